The highest BCUT2D eigenvalue weighted by Gasteiger charge is 2.18. The topological polar surface area (TPSA) is 107 Å². The van der Waals surface area contributed by atoms with Gasteiger partial charge in [0, 0.05) is 18.5 Å². The van der Waals surface area contributed by atoms with Gasteiger partial charge in [-0.25, -0.2) is 19.7 Å². The fraction of sp³-hybridized carbons (Fsp3) is 0.235. The van der Waals surface area contributed by atoms with Crippen LogP contribution in [0.3, 0.4) is 0 Å². The van der Waals surface area contributed by atoms with Crippen molar-refractivity contribution in [1.29, 1.82) is 0 Å². The number of ether oxygens (including phenoxy) is 1. The number of aromatic nitrogens is 5. The summed E-state index contributed by atoms with van der Waals surface area (Å²) in [6.07, 6.45) is 4.59. The average Bonchev–Trinajstić information content (AvgIpc) is 3.15. The van der Waals surface area contributed by atoms with Crippen molar-refractivity contribution in [3.05, 3.63) is 53.3 Å². The zero-order valence-electron chi connectivity index (χ0n) is 15.0. The quantitative estimate of drug-likeness (QED) is 0.697. The first-order chi connectivity index (χ1) is 13.0. The SMILES string of the molecule is COc1cc(Cl)c(NC(=O)NC(C)c2ncnn2-c2ncccn2)cc1C. The van der Waals surface area contributed by atoms with Crippen LogP contribution in [0.4, 0.5) is 10.5 Å². The maximum absolute atomic E-state index is 12.4. The fourth-order valence-electron chi connectivity index (χ4n) is 2.50. The van der Waals surface area contributed by atoms with Gasteiger partial charge in [-0.3, -0.25) is 0 Å². The highest BCUT2D eigenvalue weighted by atomic mass is 35.5. The molecule has 2 N–H and O–H groups in total. The van der Waals surface area contributed by atoms with E-state index in [-0.39, 0.29) is 0 Å². The third-order valence-corrected chi connectivity index (χ3v) is 4.10. The summed E-state index contributed by atoms with van der Waals surface area (Å²) < 4.78 is 6.68. The number of hydrogen-bond donors (Lipinski definition) is 2. The van der Waals surface area contributed by atoms with Gasteiger partial charge in [0.25, 0.3) is 5.95 Å². The Morgan fingerprint density at radius 2 is 2.00 bits per heavy atom. The van der Waals surface area contributed by atoms with Gasteiger partial charge in [-0.15, -0.1) is 0 Å². The van der Waals surface area contributed by atoms with Gasteiger partial charge in [0.05, 0.1) is 23.9 Å². The molecule has 9 nitrogen and oxygen atoms in total. The molecule has 10 heteroatoms. The number of hydrogen-bond acceptors (Lipinski definition) is 6. The zero-order chi connectivity index (χ0) is 19.4. The summed E-state index contributed by atoms with van der Waals surface area (Å²) in [5.74, 6) is 1.51. The van der Waals surface area contributed by atoms with Gasteiger partial charge < -0.3 is 15.4 Å². The molecule has 3 rings (SSSR count). The van der Waals surface area contributed by atoms with Crippen LogP contribution in [-0.2, 0) is 0 Å². The highest BCUT2D eigenvalue weighted by Crippen LogP contribution is 2.30. The maximum Gasteiger partial charge on any atom is 0.319 e. The zero-order valence-corrected chi connectivity index (χ0v) is 15.7. The molecule has 2 aromatic heterocycles. The van der Waals surface area contributed by atoms with Crippen LogP contribution in [0, 0.1) is 6.92 Å². The van der Waals surface area contributed by atoms with Crippen LogP contribution in [0.5, 0.6) is 5.75 Å². The lowest BCUT2D eigenvalue weighted by Gasteiger charge is -2.16. The molecule has 0 spiro atoms. The molecule has 0 saturated carbocycles. The van der Waals surface area contributed by atoms with Gasteiger partial charge in [0.2, 0.25) is 0 Å². The Morgan fingerprint density at radius 3 is 2.70 bits per heavy atom. The number of aryl methyl sites for hydroxylation is 1. The summed E-state index contributed by atoms with van der Waals surface area (Å²) in [5, 5.41) is 10.0. The normalized spacial score (nSPS) is 11.7. The molecule has 0 aliphatic heterocycles. The number of halogens is 1. The molecule has 3 aromatic rings. The van der Waals surface area contributed by atoms with Crippen LogP contribution in [0.25, 0.3) is 5.95 Å². The van der Waals surface area contributed by atoms with Crippen molar-refractivity contribution >= 4 is 23.3 Å². The summed E-state index contributed by atoms with van der Waals surface area (Å²) in [4.78, 5) is 24.9. The molecular formula is C17H18ClN7O2. The number of methoxy groups -OCH3 is 1. The predicted molar refractivity (Wildman–Crippen MR) is 100 cm³/mol. The van der Waals surface area contributed by atoms with Crippen molar-refractivity contribution in [2.24, 2.45) is 0 Å². The Balaban J connectivity index is 1.72. The van der Waals surface area contributed by atoms with E-state index in [4.69, 9.17) is 16.3 Å². The first-order valence-electron chi connectivity index (χ1n) is 8.08. The van der Waals surface area contributed by atoms with Gasteiger partial charge in [-0.2, -0.15) is 9.78 Å². The standard InChI is InChI=1S/C17H18ClN7O2/c1-10-7-13(12(18)8-14(10)27-3)24-17(26)23-11(2)15-21-9-22-25(15)16-19-5-4-6-20-16/h4-9,11H,1-3H3,(H2,23,24,26). The van der Waals surface area contributed by atoms with Crippen LogP contribution in [0.15, 0.2) is 36.9 Å². The van der Waals surface area contributed by atoms with Crippen LogP contribution in [-0.4, -0.2) is 37.9 Å². The lowest BCUT2D eigenvalue weighted by molar-refractivity contribution is 0.248. The van der Waals surface area contributed by atoms with E-state index < -0.39 is 12.1 Å². The molecule has 0 fully saturated rings. The Labute approximate surface area is 160 Å². The molecular weight excluding hydrogens is 370 g/mol. The van der Waals surface area contributed by atoms with Crippen LogP contribution < -0.4 is 15.4 Å². The van der Waals surface area contributed by atoms with Crippen molar-refractivity contribution in [3.63, 3.8) is 0 Å². The van der Waals surface area contributed by atoms with E-state index in [0.717, 1.165) is 5.56 Å². The first-order valence-corrected chi connectivity index (χ1v) is 8.46. The lowest BCUT2D eigenvalue weighted by atomic mass is 10.2. The maximum atomic E-state index is 12.4. The Kier molecular flexibility index (Phi) is 5.51. The monoisotopic (exact) mass is 387 g/mol. The number of rotatable bonds is 5. The van der Waals surface area contributed by atoms with Gasteiger partial charge in [-0.05, 0) is 31.5 Å². The minimum atomic E-state index is -0.450. The van der Waals surface area contributed by atoms with Crippen LogP contribution in [0.1, 0.15) is 24.4 Å². The largest absolute Gasteiger partial charge is 0.496 e. The van der Waals surface area contributed by atoms with E-state index in [1.807, 2.05) is 6.92 Å². The summed E-state index contributed by atoms with van der Waals surface area (Å²) in [5.41, 5.74) is 1.33. The second-order valence-corrected chi connectivity index (χ2v) is 6.11. The first kappa shape index (κ1) is 18.6. The number of urea groups is 1. The number of nitrogens with zero attached hydrogens (tertiary/aromatic N) is 5. The third-order valence-electron chi connectivity index (χ3n) is 3.78. The second kappa shape index (κ2) is 8.00. The summed E-state index contributed by atoms with van der Waals surface area (Å²) in [6.45, 7) is 3.65. The molecule has 0 aliphatic carbocycles. The summed E-state index contributed by atoms with van der Waals surface area (Å²) in [6, 6.07) is 4.22. The van der Waals surface area contributed by atoms with Gasteiger partial charge in [-0.1, -0.05) is 11.6 Å². The number of benzene rings is 1. The molecule has 0 aliphatic rings. The Morgan fingerprint density at radius 1 is 1.26 bits per heavy atom. The van der Waals surface area contributed by atoms with Crippen molar-refractivity contribution < 1.29 is 9.53 Å². The number of anilines is 1. The van der Waals surface area contributed by atoms with E-state index in [9.17, 15) is 4.79 Å². The molecule has 2 amide bonds. The Bertz CT molecular complexity index is 946. The van der Waals surface area contributed by atoms with Gasteiger partial charge >= 0.3 is 6.03 Å². The van der Waals surface area contributed by atoms with E-state index in [0.29, 0.717) is 28.2 Å². The second-order valence-electron chi connectivity index (χ2n) is 5.70. The van der Waals surface area contributed by atoms with Crippen molar-refractivity contribution in [1.82, 2.24) is 30.0 Å². The molecule has 1 unspecified atom stereocenters. The number of carbonyl (C=O) groups is 1. The van der Waals surface area contributed by atoms with Gasteiger partial charge in [0.1, 0.15) is 12.1 Å². The highest BCUT2D eigenvalue weighted by molar-refractivity contribution is 6.33. The Hall–Kier alpha value is -3.20. The minimum Gasteiger partial charge on any atom is -0.496 e. The number of carbonyl (C=O) groups excluding carboxylic acids is 1. The van der Waals surface area contributed by atoms with Crippen molar-refractivity contribution in [2.75, 3.05) is 12.4 Å². The molecule has 0 bridgehead atoms. The predicted octanol–water partition coefficient (Wildman–Crippen LogP) is 2.91. The van der Waals surface area contributed by atoms with E-state index in [1.54, 1.807) is 44.6 Å². The molecule has 1 atom stereocenters. The van der Waals surface area contributed by atoms with Crippen molar-refractivity contribution in [3.8, 4) is 11.7 Å². The third kappa shape index (κ3) is 4.14. The number of amides is 2. The molecule has 140 valence electrons. The smallest absolute Gasteiger partial charge is 0.319 e. The molecule has 0 saturated heterocycles. The van der Waals surface area contributed by atoms with Gasteiger partial charge in [0.15, 0.2) is 5.82 Å². The molecule has 0 radical (unpaired) electrons. The lowest BCUT2D eigenvalue weighted by Crippen LogP contribution is -2.32. The van der Waals surface area contributed by atoms with E-state index in [1.165, 1.54) is 11.0 Å². The van der Waals surface area contributed by atoms with Crippen molar-refractivity contribution in [2.45, 2.75) is 19.9 Å². The average molecular weight is 388 g/mol. The minimum absolute atomic E-state index is 0.368. The van der Waals surface area contributed by atoms with E-state index in [2.05, 4.69) is 30.7 Å². The number of nitrogens with one attached hydrogen (secondary N) is 2. The molecule has 1 aromatic carbocycles. The molecule has 2 heterocycles. The fourth-order valence-corrected chi connectivity index (χ4v) is 2.70. The van der Waals surface area contributed by atoms with Crippen LogP contribution in [0.2, 0.25) is 5.02 Å². The van der Waals surface area contributed by atoms with E-state index >= 15 is 0 Å². The molecule has 27 heavy (non-hydrogen) atoms. The summed E-state index contributed by atoms with van der Waals surface area (Å²) in [7, 11) is 1.56. The van der Waals surface area contributed by atoms with Crippen LogP contribution >= 0.6 is 11.6 Å². The summed E-state index contributed by atoms with van der Waals surface area (Å²) >= 11 is 6.20.